The average molecular weight is 282 g/mol. The Morgan fingerprint density at radius 3 is 2.81 bits per heavy atom. The molecule has 1 saturated carbocycles. The highest BCUT2D eigenvalue weighted by Crippen LogP contribution is 2.24. The molecule has 110 valence electrons. The molecule has 1 amide bonds. The Kier molecular flexibility index (Phi) is 3.82. The number of carbonyl (C=O) groups excluding carboxylic acids is 1. The molecule has 3 rings (SSSR count). The van der Waals surface area contributed by atoms with Crippen molar-refractivity contribution in [1.82, 2.24) is 9.88 Å². The average Bonchev–Trinajstić information content (AvgIpc) is 2.86. The Bertz CT molecular complexity index is 678. The standard InChI is InChI=1S/C18H22N2O/c1-3-13-8-7-9-14-12-16(20(2)17(13)14)18(21)19-15-10-5-4-6-11-15/h3,7-9,12,15H,1,4-6,10-11H2,2H3,(H,19,21). The first-order chi connectivity index (χ1) is 10.2. The minimum atomic E-state index is 0.0376. The molecular weight excluding hydrogens is 260 g/mol. The maximum Gasteiger partial charge on any atom is 0.268 e. The zero-order valence-corrected chi connectivity index (χ0v) is 12.6. The quantitative estimate of drug-likeness (QED) is 0.910. The summed E-state index contributed by atoms with van der Waals surface area (Å²) in [6.07, 6.45) is 7.79. The van der Waals surface area contributed by atoms with E-state index in [2.05, 4.69) is 11.9 Å². The molecule has 1 fully saturated rings. The van der Waals surface area contributed by atoms with Crippen molar-refractivity contribution in [2.24, 2.45) is 7.05 Å². The Labute approximate surface area is 125 Å². The molecule has 1 heterocycles. The van der Waals surface area contributed by atoms with Gasteiger partial charge >= 0.3 is 0 Å². The van der Waals surface area contributed by atoms with Crippen molar-refractivity contribution >= 4 is 22.9 Å². The maximum atomic E-state index is 12.5. The van der Waals surface area contributed by atoms with E-state index in [0.29, 0.717) is 6.04 Å². The van der Waals surface area contributed by atoms with E-state index >= 15 is 0 Å². The predicted octanol–water partition coefficient (Wildman–Crippen LogP) is 3.88. The van der Waals surface area contributed by atoms with Crippen LogP contribution in [0.5, 0.6) is 0 Å². The Balaban J connectivity index is 1.91. The molecule has 21 heavy (non-hydrogen) atoms. The minimum absolute atomic E-state index is 0.0376. The number of aryl methyl sites for hydroxylation is 1. The minimum Gasteiger partial charge on any atom is -0.348 e. The molecule has 0 aliphatic heterocycles. The lowest BCUT2D eigenvalue weighted by molar-refractivity contribution is 0.0920. The molecule has 1 N–H and O–H groups in total. The normalized spacial score (nSPS) is 16.0. The summed E-state index contributed by atoms with van der Waals surface area (Å²) < 4.78 is 1.98. The zero-order chi connectivity index (χ0) is 14.8. The first kappa shape index (κ1) is 13.9. The summed E-state index contributed by atoms with van der Waals surface area (Å²) in [5.41, 5.74) is 2.86. The molecule has 1 aromatic carbocycles. The summed E-state index contributed by atoms with van der Waals surface area (Å²) in [5, 5.41) is 4.28. The number of para-hydroxylation sites is 1. The van der Waals surface area contributed by atoms with Gasteiger partial charge in [-0.05, 0) is 24.5 Å². The highest BCUT2D eigenvalue weighted by Gasteiger charge is 2.19. The molecule has 0 atom stereocenters. The van der Waals surface area contributed by atoms with E-state index in [1.165, 1.54) is 19.3 Å². The molecule has 0 radical (unpaired) electrons. The largest absolute Gasteiger partial charge is 0.348 e. The monoisotopic (exact) mass is 282 g/mol. The summed E-state index contributed by atoms with van der Waals surface area (Å²) in [4.78, 5) is 12.5. The third-order valence-corrected chi connectivity index (χ3v) is 4.48. The number of nitrogens with zero attached hydrogens (tertiary/aromatic N) is 1. The molecular formula is C18H22N2O. The highest BCUT2D eigenvalue weighted by atomic mass is 16.2. The van der Waals surface area contributed by atoms with Crippen molar-refractivity contribution < 1.29 is 4.79 Å². The van der Waals surface area contributed by atoms with Crippen molar-refractivity contribution in [1.29, 1.82) is 0 Å². The molecule has 0 spiro atoms. The van der Waals surface area contributed by atoms with Crippen LogP contribution in [-0.4, -0.2) is 16.5 Å². The van der Waals surface area contributed by atoms with E-state index in [9.17, 15) is 4.79 Å². The lowest BCUT2D eigenvalue weighted by Crippen LogP contribution is -2.36. The number of rotatable bonds is 3. The van der Waals surface area contributed by atoms with Crippen LogP contribution >= 0.6 is 0 Å². The molecule has 1 aliphatic carbocycles. The number of aromatic nitrogens is 1. The molecule has 0 bridgehead atoms. The second-order valence-electron chi connectivity index (χ2n) is 5.89. The van der Waals surface area contributed by atoms with Crippen molar-refractivity contribution in [2.45, 2.75) is 38.1 Å². The maximum absolute atomic E-state index is 12.5. The van der Waals surface area contributed by atoms with E-state index in [0.717, 1.165) is 35.0 Å². The highest BCUT2D eigenvalue weighted by molar-refractivity contribution is 6.00. The Morgan fingerprint density at radius 2 is 2.10 bits per heavy atom. The van der Waals surface area contributed by atoms with Gasteiger partial charge in [0.05, 0.1) is 5.52 Å². The molecule has 0 unspecified atom stereocenters. The van der Waals surface area contributed by atoms with Crippen LogP contribution < -0.4 is 5.32 Å². The summed E-state index contributed by atoms with van der Waals surface area (Å²) >= 11 is 0. The predicted molar refractivity (Wildman–Crippen MR) is 87.3 cm³/mol. The van der Waals surface area contributed by atoms with Crippen molar-refractivity contribution in [2.75, 3.05) is 0 Å². The van der Waals surface area contributed by atoms with Crippen LogP contribution in [0.3, 0.4) is 0 Å². The van der Waals surface area contributed by atoms with Crippen molar-refractivity contribution in [3.05, 3.63) is 42.1 Å². The van der Waals surface area contributed by atoms with Gasteiger partial charge < -0.3 is 9.88 Å². The van der Waals surface area contributed by atoms with Gasteiger partial charge in [-0.15, -0.1) is 0 Å². The SMILES string of the molecule is C=Cc1cccc2cc(C(=O)NC3CCCCC3)n(C)c12. The molecule has 1 aliphatic rings. The first-order valence-corrected chi connectivity index (χ1v) is 7.72. The lowest BCUT2D eigenvalue weighted by atomic mass is 9.95. The van der Waals surface area contributed by atoms with Crippen LogP contribution in [-0.2, 0) is 7.05 Å². The van der Waals surface area contributed by atoms with Crippen LogP contribution in [0.15, 0.2) is 30.8 Å². The Morgan fingerprint density at radius 1 is 1.33 bits per heavy atom. The second kappa shape index (κ2) is 5.76. The number of carbonyl (C=O) groups is 1. The summed E-state index contributed by atoms with van der Waals surface area (Å²) in [6.45, 7) is 3.86. The van der Waals surface area contributed by atoms with Crippen molar-refractivity contribution in [3.8, 4) is 0 Å². The van der Waals surface area contributed by atoms with Gasteiger partial charge in [-0.1, -0.05) is 50.1 Å². The van der Waals surface area contributed by atoms with Gasteiger partial charge in [-0.3, -0.25) is 4.79 Å². The lowest BCUT2D eigenvalue weighted by Gasteiger charge is -2.22. The molecule has 1 aromatic heterocycles. The van der Waals surface area contributed by atoms with E-state index in [-0.39, 0.29) is 5.91 Å². The van der Waals surface area contributed by atoms with Gasteiger partial charge in [-0.25, -0.2) is 0 Å². The van der Waals surface area contributed by atoms with Gasteiger partial charge in [0.15, 0.2) is 0 Å². The fourth-order valence-electron chi connectivity index (χ4n) is 3.34. The number of amides is 1. The van der Waals surface area contributed by atoms with Crippen LogP contribution in [0.4, 0.5) is 0 Å². The summed E-state index contributed by atoms with van der Waals surface area (Å²) in [7, 11) is 1.95. The van der Waals surface area contributed by atoms with Crippen LogP contribution in [0.25, 0.3) is 17.0 Å². The van der Waals surface area contributed by atoms with Gasteiger partial charge in [-0.2, -0.15) is 0 Å². The number of nitrogens with one attached hydrogen (secondary N) is 1. The molecule has 2 aromatic rings. The second-order valence-corrected chi connectivity index (χ2v) is 5.89. The van der Waals surface area contributed by atoms with Gasteiger partial charge in [0.2, 0.25) is 0 Å². The summed E-state index contributed by atoms with van der Waals surface area (Å²) in [5.74, 6) is 0.0376. The first-order valence-electron chi connectivity index (χ1n) is 7.72. The van der Waals surface area contributed by atoms with Crippen molar-refractivity contribution in [3.63, 3.8) is 0 Å². The summed E-state index contributed by atoms with van der Waals surface area (Å²) in [6, 6.07) is 8.38. The smallest absolute Gasteiger partial charge is 0.268 e. The van der Waals surface area contributed by atoms with Crippen LogP contribution in [0, 0.1) is 0 Å². The third-order valence-electron chi connectivity index (χ3n) is 4.48. The Hall–Kier alpha value is -2.03. The van der Waals surface area contributed by atoms with Gasteiger partial charge in [0.25, 0.3) is 5.91 Å². The van der Waals surface area contributed by atoms with Crippen LogP contribution in [0.2, 0.25) is 0 Å². The molecule has 0 saturated heterocycles. The topological polar surface area (TPSA) is 34.0 Å². The van der Waals surface area contributed by atoms with Crippen LogP contribution in [0.1, 0.15) is 48.2 Å². The third kappa shape index (κ3) is 2.60. The number of hydrogen-bond acceptors (Lipinski definition) is 1. The van der Waals surface area contributed by atoms with E-state index in [1.807, 2.05) is 42.0 Å². The zero-order valence-electron chi connectivity index (χ0n) is 12.6. The van der Waals surface area contributed by atoms with E-state index in [4.69, 9.17) is 0 Å². The fourth-order valence-corrected chi connectivity index (χ4v) is 3.34. The number of hydrogen-bond donors (Lipinski definition) is 1. The fraction of sp³-hybridized carbons (Fsp3) is 0.389. The molecule has 3 heteroatoms. The van der Waals surface area contributed by atoms with E-state index < -0.39 is 0 Å². The van der Waals surface area contributed by atoms with E-state index in [1.54, 1.807) is 0 Å². The van der Waals surface area contributed by atoms with Gasteiger partial charge in [0, 0.05) is 18.5 Å². The van der Waals surface area contributed by atoms with Gasteiger partial charge in [0.1, 0.15) is 5.69 Å². The molecule has 3 nitrogen and oxygen atoms in total. The number of benzene rings is 1. The number of fused-ring (bicyclic) bond motifs is 1.